The van der Waals surface area contributed by atoms with Crippen molar-refractivity contribution in [2.24, 2.45) is 5.14 Å². The number of carbonyl (C=O) groups is 1. The normalized spacial score (nSPS) is 12.3. The molecule has 6 nitrogen and oxygen atoms in total. The van der Waals surface area contributed by atoms with Crippen molar-refractivity contribution in [3.8, 4) is 0 Å². The topological polar surface area (TPSA) is 101 Å². The Hall–Kier alpha value is -3.00. The maximum atomic E-state index is 12.4. The van der Waals surface area contributed by atoms with E-state index < -0.39 is 10.0 Å². The number of amides is 1. The smallest absolute Gasteiger partial charge is 0.238 e. The van der Waals surface area contributed by atoms with E-state index in [0.29, 0.717) is 5.69 Å². The molecule has 29 heavy (non-hydrogen) atoms. The lowest BCUT2D eigenvalue weighted by Crippen LogP contribution is -2.32. The highest BCUT2D eigenvalue weighted by Crippen LogP contribution is 2.18. The van der Waals surface area contributed by atoms with Gasteiger partial charge in [-0.1, -0.05) is 60.7 Å². The zero-order valence-corrected chi connectivity index (χ0v) is 16.6. The second-order valence-corrected chi connectivity index (χ2v) is 8.21. The van der Waals surface area contributed by atoms with Gasteiger partial charge in [-0.25, -0.2) is 13.6 Å². The van der Waals surface area contributed by atoms with Gasteiger partial charge in [-0.05, 0) is 41.8 Å². The minimum atomic E-state index is -3.75. The molecule has 150 valence electrons. The van der Waals surface area contributed by atoms with Crippen LogP contribution in [0.3, 0.4) is 0 Å². The van der Waals surface area contributed by atoms with E-state index in [1.165, 1.54) is 29.8 Å². The summed E-state index contributed by atoms with van der Waals surface area (Å²) in [5, 5.41) is 11.1. The van der Waals surface area contributed by atoms with Crippen molar-refractivity contribution in [2.75, 3.05) is 11.9 Å². The largest absolute Gasteiger partial charge is 0.325 e. The Morgan fingerprint density at radius 2 is 1.45 bits per heavy atom. The fourth-order valence-electron chi connectivity index (χ4n) is 2.99. The molecule has 0 bridgehead atoms. The number of sulfonamides is 1. The molecule has 1 amide bonds. The fraction of sp³-hybridized carbons (Fsp3) is 0.136. The SMILES string of the molecule is NS(=O)(=O)c1ccc(NC(=O)CNC(Cc2ccccc2)c2ccccc2)cc1. The quantitative estimate of drug-likeness (QED) is 0.532. The molecule has 0 fully saturated rings. The highest BCUT2D eigenvalue weighted by Gasteiger charge is 2.14. The molecule has 4 N–H and O–H groups in total. The molecule has 3 rings (SSSR count). The van der Waals surface area contributed by atoms with Crippen LogP contribution in [0.1, 0.15) is 17.2 Å². The molecule has 1 atom stereocenters. The van der Waals surface area contributed by atoms with Crippen LogP contribution in [0.5, 0.6) is 0 Å². The van der Waals surface area contributed by atoms with Crippen molar-refractivity contribution in [3.63, 3.8) is 0 Å². The van der Waals surface area contributed by atoms with Crippen LogP contribution in [-0.2, 0) is 21.2 Å². The molecule has 0 saturated carbocycles. The number of hydrogen-bond donors (Lipinski definition) is 3. The van der Waals surface area contributed by atoms with Crippen LogP contribution in [0, 0.1) is 0 Å². The molecule has 0 aliphatic heterocycles. The molecule has 3 aromatic rings. The van der Waals surface area contributed by atoms with Gasteiger partial charge in [0.25, 0.3) is 0 Å². The van der Waals surface area contributed by atoms with Gasteiger partial charge in [0.05, 0.1) is 11.4 Å². The summed E-state index contributed by atoms with van der Waals surface area (Å²) < 4.78 is 22.6. The zero-order chi connectivity index (χ0) is 20.7. The number of primary sulfonamides is 1. The minimum absolute atomic E-state index is 0.000580. The summed E-state index contributed by atoms with van der Waals surface area (Å²) in [5.41, 5.74) is 2.78. The summed E-state index contributed by atoms with van der Waals surface area (Å²) in [5.74, 6) is -0.220. The summed E-state index contributed by atoms with van der Waals surface area (Å²) in [6, 6.07) is 25.8. The number of rotatable bonds is 8. The van der Waals surface area contributed by atoms with Crippen molar-refractivity contribution in [2.45, 2.75) is 17.4 Å². The fourth-order valence-corrected chi connectivity index (χ4v) is 3.51. The van der Waals surface area contributed by atoms with E-state index in [9.17, 15) is 13.2 Å². The molecule has 0 radical (unpaired) electrons. The Labute approximate surface area is 170 Å². The monoisotopic (exact) mass is 409 g/mol. The first-order valence-electron chi connectivity index (χ1n) is 9.17. The first-order chi connectivity index (χ1) is 13.9. The Kier molecular flexibility index (Phi) is 6.77. The Bertz CT molecular complexity index is 1040. The summed E-state index contributed by atoms with van der Waals surface area (Å²) in [7, 11) is -3.75. The first-order valence-corrected chi connectivity index (χ1v) is 10.7. The third-order valence-corrected chi connectivity index (χ3v) is 5.39. The van der Waals surface area contributed by atoms with E-state index in [0.717, 1.165) is 12.0 Å². The molecule has 3 aromatic carbocycles. The molecule has 0 saturated heterocycles. The molecule has 0 aromatic heterocycles. The van der Waals surface area contributed by atoms with Crippen LogP contribution in [0.25, 0.3) is 0 Å². The second-order valence-electron chi connectivity index (χ2n) is 6.65. The van der Waals surface area contributed by atoms with E-state index in [4.69, 9.17) is 5.14 Å². The third kappa shape index (κ3) is 6.25. The van der Waals surface area contributed by atoms with Crippen molar-refractivity contribution in [1.82, 2.24) is 5.32 Å². The standard InChI is InChI=1S/C22H23N3O3S/c23-29(27,28)20-13-11-19(12-14-20)25-22(26)16-24-21(18-9-5-2-6-10-18)15-17-7-3-1-4-8-17/h1-14,21,24H,15-16H2,(H,25,26)(H2,23,27,28). The molecular formula is C22H23N3O3S. The number of benzene rings is 3. The maximum Gasteiger partial charge on any atom is 0.238 e. The van der Waals surface area contributed by atoms with E-state index in [2.05, 4.69) is 22.8 Å². The molecule has 0 aliphatic carbocycles. The van der Waals surface area contributed by atoms with Crippen LogP contribution in [0.2, 0.25) is 0 Å². The van der Waals surface area contributed by atoms with Gasteiger partial charge < -0.3 is 10.6 Å². The second kappa shape index (κ2) is 9.47. The van der Waals surface area contributed by atoms with Gasteiger partial charge in [0.1, 0.15) is 0 Å². The van der Waals surface area contributed by atoms with E-state index in [1.807, 2.05) is 48.5 Å². The molecule has 7 heteroatoms. The third-order valence-electron chi connectivity index (χ3n) is 4.46. The predicted octanol–water partition coefficient (Wildman–Crippen LogP) is 2.85. The lowest BCUT2D eigenvalue weighted by atomic mass is 9.99. The Morgan fingerprint density at radius 1 is 0.862 bits per heavy atom. The van der Waals surface area contributed by atoms with Crippen molar-refractivity contribution in [3.05, 3.63) is 96.1 Å². The summed E-state index contributed by atoms with van der Waals surface area (Å²) in [6.07, 6.45) is 0.751. The van der Waals surface area contributed by atoms with Crippen LogP contribution in [0.4, 0.5) is 5.69 Å². The molecule has 1 unspecified atom stereocenters. The molecule has 0 spiro atoms. The first kappa shape index (κ1) is 20.7. The maximum absolute atomic E-state index is 12.4. The summed E-state index contributed by atoms with van der Waals surface area (Å²) >= 11 is 0. The average Bonchev–Trinajstić information content (AvgIpc) is 2.72. The Morgan fingerprint density at radius 3 is 2.03 bits per heavy atom. The predicted molar refractivity (Wildman–Crippen MR) is 114 cm³/mol. The van der Waals surface area contributed by atoms with Gasteiger partial charge in [0.15, 0.2) is 0 Å². The van der Waals surface area contributed by atoms with Crippen LogP contribution < -0.4 is 15.8 Å². The van der Waals surface area contributed by atoms with Gasteiger partial charge in [-0.15, -0.1) is 0 Å². The van der Waals surface area contributed by atoms with E-state index in [-0.39, 0.29) is 23.4 Å². The number of carbonyl (C=O) groups excluding carboxylic acids is 1. The van der Waals surface area contributed by atoms with Crippen molar-refractivity contribution in [1.29, 1.82) is 0 Å². The lowest BCUT2D eigenvalue weighted by Gasteiger charge is -2.19. The van der Waals surface area contributed by atoms with Gasteiger partial charge in [-0.2, -0.15) is 0 Å². The number of nitrogens with one attached hydrogen (secondary N) is 2. The number of nitrogens with two attached hydrogens (primary N) is 1. The van der Waals surface area contributed by atoms with Crippen LogP contribution in [-0.4, -0.2) is 20.9 Å². The van der Waals surface area contributed by atoms with Gasteiger partial charge in [0.2, 0.25) is 15.9 Å². The van der Waals surface area contributed by atoms with E-state index in [1.54, 1.807) is 0 Å². The van der Waals surface area contributed by atoms with Crippen LogP contribution >= 0.6 is 0 Å². The molecule has 0 aliphatic rings. The van der Waals surface area contributed by atoms with Crippen molar-refractivity contribution >= 4 is 21.6 Å². The summed E-state index contributed by atoms with van der Waals surface area (Å²) in [4.78, 5) is 12.4. The van der Waals surface area contributed by atoms with Gasteiger partial charge >= 0.3 is 0 Å². The van der Waals surface area contributed by atoms with E-state index >= 15 is 0 Å². The zero-order valence-electron chi connectivity index (χ0n) is 15.8. The van der Waals surface area contributed by atoms with Crippen molar-refractivity contribution < 1.29 is 13.2 Å². The molecule has 0 heterocycles. The number of anilines is 1. The summed E-state index contributed by atoms with van der Waals surface area (Å²) in [6.45, 7) is 0.114. The van der Waals surface area contributed by atoms with Gasteiger partial charge in [0, 0.05) is 11.7 Å². The highest BCUT2D eigenvalue weighted by atomic mass is 32.2. The highest BCUT2D eigenvalue weighted by molar-refractivity contribution is 7.89. The Balaban J connectivity index is 1.63. The number of hydrogen-bond acceptors (Lipinski definition) is 4. The van der Waals surface area contributed by atoms with Gasteiger partial charge in [-0.3, -0.25) is 4.79 Å². The minimum Gasteiger partial charge on any atom is -0.325 e. The van der Waals surface area contributed by atoms with Crippen LogP contribution in [0.15, 0.2) is 89.8 Å². The molecular weight excluding hydrogens is 386 g/mol. The lowest BCUT2D eigenvalue weighted by molar-refractivity contribution is -0.115. The average molecular weight is 410 g/mol.